The van der Waals surface area contributed by atoms with Gasteiger partial charge in [0.25, 0.3) is 5.56 Å². The Morgan fingerprint density at radius 3 is 2.56 bits per heavy atom. The van der Waals surface area contributed by atoms with Crippen molar-refractivity contribution < 1.29 is 4.52 Å². The van der Waals surface area contributed by atoms with Gasteiger partial charge in [-0.05, 0) is 30.0 Å². The number of thioether (sulfide) groups is 1. The van der Waals surface area contributed by atoms with E-state index < -0.39 is 5.76 Å². The summed E-state index contributed by atoms with van der Waals surface area (Å²) in [6, 6.07) is 15.8. The molecule has 1 aliphatic heterocycles. The molecule has 4 aromatic rings. The summed E-state index contributed by atoms with van der Waals surface area (Å²) in [4.78, 5) is 35.8. The summed E-state index contributed by atoms with van der Waals surface area (Å²) in [6.07, 6.45) is 3.19. The zero-order chi connectivity index (χ0) is 27.4. The largest absolute Gasteiger partial charge is 0.439 e. The van der Waals surface area contributed by atoms with E-state index in [0.29, 0.717) is 24.4 Å². The van der Waals surface area contributed by atoms with E-state index in [4.69, 9.17) is 21.7 Å². The summed E-state index contributed by atoms with van der Waals surface area (Å²) in [7, 11) is 0. The number of unbranched alkanes of at least 4 members (excludes halogenated alkanes) is 1. The minimum Gasteiger partial charge on any atom is -0.356 e. The van der Waals surface area contributed by atoms with Crippen LogP contribution in [0.2, 0.25) is 0 Å². The van der Waals surface area contributed by atoms with Crippen LogP contribution in [0, 0.1) is 6.92 Å². The van der Waals surface area contributed by atoms with Crippen LogP contribution in [0.1, 0.15) is 42.4 Å². The molecule has 0 atom stereocenters. The molecule has 5 rings (SSSR count). The second-order valence-electron chi connectivity index (χ2n) is 9.64. The zero-order valence-electron chi connectivity index (χ0n) is 22.1. The summed E-state index contributed by atoms with van der Waals surface area (Å²) in [6.45, 7) is 5.43. The maximum absolute atomic E-state index is 13.8. The molecule has 0 saturated carbocycles. The van der Waals surface area contributed by atoms with Gasteiger partial charge in [0.1, 0.15) is 5.82 Å². The molecule has 202 valence electrons. The highest BCUT2D eigenvalue weighted by atomic mass is 32.2. The fourth-order valence-corrected chi connectivity index (χ4v) is 6.15. The maximum atomic E-state index is 13.8. The topological polar surface area (TPSA) is 97.0 Å². The number of aromatic nitrogens is 4. The third-order valence-electron chi connectivity index (χ3n) is 6.96. The van der Waals surface area contributed by atoms with Gasteiger partial charge >= 0.3 is 5.76 Å². The van der Waals surface area contributed by atoms with E-state index in [0.717, 1.165) is 76.2 Å². The Hall–Kier alpha value is -3.50. The van der Waals surface area contributed by atoms with Crippen molar-refractivity contribution >= 4 is 29.0 Å². The van der Waals surface area contributed by atoms with Crippen LogP contribution in [0.3, 0.4) is 0 Å². The molecule has 0 unspecified atom stereocenters. The van der Waals surface area contributed by atoms with Crippen LogP contribution < -0.4 is 11.3 Å². The van der Waals surface area contributed by atoms with E-state index in [9.17, 15) is 9.59 Å². The first-order valence-electron chi connectivity index (χ1n) is 13.1. The number of rotatable bonds is 9. The van der Waals surface area contributed by atoms with Gasteiger partial charge in [-0.25, -0.2) is 9.78 Å². The fraction of sp³-hybridized carbons (Fsp3) is 0.345. The van der Waals surface area contributed by atoms with Crippen LogP contribution >= 0.6 is 24.0 Å². The van der Waals surface area contributed by atoms with Crippen LogP contribution in [0.4, 0.5) is 0 Å². The van der Waals surface area contributed by atoms with E-state index in [1.807, 2.05) is 71.8 Å². The van der Waals surface area contributed by atoms with Crippen molar-refractivity contribution in [3.63, 3.8) is 0 Å². The minimum absolute atomic E-state index is 0.00721. The molecule has 1 aliphatic rings. The summed E-state index contributed by atoms with van der Waals surface area (Å²) < 4.78 is 6.53. The molecule has 0 bridgehead atoms. The SMILES string of the molecule is CCCCc1nc(C)c(CC(=S)N2CCSC2)c(=O)n1Cc1ccc(-c2ccccc2-c2noc(=O)[nH]2)cc1. The molecule has 2 aromatic carbocycles. The molecule has 1 N–H and O–H groups in total. The van der Waals surface area contributed by atoms with E-state index in [1.54, 1.807) is 0 Å². The summed E-state index contributed by atoms with van der Waals surface area (Å²) in [5.74, 6) is 2.56. The number of nitrogens with zero attached hydrogens (tertiary/aromatic N) is 4. The third-order valence-corrected chi connectivity index (χ3v) is 8.33. The smallest absolute Gasteiger partial charge is 0.356 e. The van der Waals surface area contributed by atoms with Crippen LogP contribution in [-0.2, 0) is 19.4 Å². The standard InChI is InChI=1S/C29H31N5O3S2/c1-3-4-9-25-30-19(2)24(16-26(38)33-14-15-39-18-33)28(35)34(25)17-20-10-12-21(13-11-20)22-7-5-6-8-23(22)27-31-29(36)37-32-27/h5-8,10-13H,3-4,9,14-18H2,1-2H3,(H,31,32,36). The molecule has 10 heteroatoms. The van der Waals surface area contributed by atoms with Gasteiger partial charge in [-0.3, -0.25) is 18.9 Å². The van der Waals surface area contributed by atoms with Crippen LogP contribution in [0.5, 0.6) is 0 Å². The van der Waals surface area contributed by atoms with Crippen molar-refractivity contribution in [2.45, 2.75) is 46.1 Å². The van der Waals surface area contributed by atoms with Gasteiger partial charge in [0, 0.05) is 42.0 Å². The van der Waals surface area contributed by atoms with Gasteiger partial charge in [-0.1, -0.05) is 79.3 Å². The number of benzene rings is 2. The van der Waals surface area contributed by atoms with Crippen molar-refractivity contribution in [1.82, 2.24) is 24.6 Å². The highest BCUT2D eigenvalue weighted by Gasteiger charge is 2.20. The number of thiocarbonyl (C=S) groups is 1. The fourth-order valence-electron chi connectivity index (χ4n) is 4.78. The van der Waals surface area contributed by atoms with Gasteiger partial charge in [0.2, 0.25) is 0 Å². The molecule has 2 aromatic heterocycles. The van der Waals surface area contributed by atoms with Gasteiger partial charge in [-0.15, -0.1) is 11.8 Å². The lowest BCUT2D eigenvalue weighted by molar-refractivity contribution is 0.388. The average Bonchev–Trinajstić information content (AvgIpc) is 3.64. The molecule has 3 heterocycles. The Morgan fingerprint density at radius 1 is 1.13 bits per heavy atom. The van der Waals surface area contributed by atoms with Crippen LogP contribution in [-0.4, -0.2) is 47.8 Å². The monoisotopic (exact) mass is 561 g/mol. The number of hydrogen-bond acceptors (Lipinski definition) is 7. The summed E-state index contributed by atoms with van der Waals surface area (Å²) >= 11 is 7.57. The lowest BCUT2D eigenvalue weighted by atomic mass is 9.98. The number of nitrogens with one attached hydrogen (secondary N) is 1. The number of H-pyrrole nitrogens is 1. The van der Waals surface area contributed by atoms with Gasteiger partial charge in [0.15, 0.2) is 5.82 Å². The number of hydrogen-bond donors (Lipinski definition) is 1. The molecule has 0 aliphatic carbocycles. The number of aromatic amines is 1. The molecule has 0 spiro atoms. The first-order chi connectivity index (χ1) is 18.9. The Morgan fingerprint density at radius 2 is 1.90 bits per heavy atom. The van der Waals surface area contributed by atoms with Crippen LogP contribution in [0.15, 0.2) is 62.6 Å². The highest BCUT2D eigenvalue weighted by molar-refractivity contribution is 7.99. The Kier molecular flexibility index (Phi) is 8.42. The van der Waals surface area contributed by atoms with Crippen molar-refractivity contribution in [3.8, 4) is 22.5 Å². The first-order valence-corrected chi connectivity index (χ1v) is 14.7. The maximum Gasteiger partial charge on any atom is 0.439 e. The Balaban J connectivity index is 1.45. The summed E-state index contributed by atoms with van der Waals surface area (Å²) in [5.41, 5.74) is 5.11. The van der Waals surface area contributed by atoms with E-state index in [1.165, 1.54) is 0 Å². The van der Waals surface area contributed by atoms with E-state index in [2.05, 4.69) is 22.0 Å². The molecular formula is C29H31N5O3S2. The van der Waals surface area contributed by atoms with Crippen molar-refractivity contribution in [1.29, 1.82) is 0 Å². The average molecular weight is 562 g/mol. The normalized spacial score (nSPS) is 13.2. The third kappa shape index (κ3) is 6.07. The zero-order valence-corrected chi connectivity index (χ0v) is 23.7. The molecule has 39 heavy (non-hydrogen) atoms. The predicted molar refractivity (Wildman–Crippen MR) is 159 cm³/mol. The second-order valence-corrected chi connectivity index (χ2v) is 11.2. The van der Waals surface area contributed by atoms with Gasteiger partial charge < -0.3 is 4.90 Å². The minimum atomic E-state index is -0.592. The first kappa shape index (κ1) is 27.1. The Bertz CT molecular complexity index is 1580. The lowest BCUT2D eigenvalue weighted by Crippen LogP contribution is -2.34. The van der Waals surface area contributed by atoms with Crippen molar-refractivity contribution in [3.05, 3.63) is 92.1 Å². The van der Waals surface area contributed by atoms with E-state index >= 15 is 0 Å². The second kappa shape index (κ2) is 12.1. The summed E-state index contributed by atoms with van der Waals surface area (Å²) in [5, 5.41) is 3.85. The number of aryl methyl sites for hydroxylation is 2. The Labute approximate surface area is 236 Å². The van der Waals surface area contributed by atoms with Gasteiger partial charge in [-0.2, -0.15) is 0 Å². The quantitative estimate of drug-likeness (QED) is 0.290. The van der Waals surface area contributed by atoms with Crippen molar-refractivity contribution in [2.24, 2.45) is 0 Å². The molecule has 1 saturated heterocycles. The molecule has 8 nitrogen and oxygen atoms in total. The lowest BCUT2D eigenvalue weighted by Gasteiger charge is -2.20. The van der Waals surface area contributed by atoms with E-state index in [-0.39, 0.29) is 5.56 Å². The molecule has 0 radical (unpaired) electrons. The molecular weight excluding hydrogens is 530 g/mol. The van der Waals surface area contributed by atoms with Crippen molar-refractivity contribution in [2.75, 3.05) is 18.2 Å². The van der Waals surface area contributed by atoms with Gasteiger partial charge in [0.05, 0.1) is 17.4 Å². The predicted octanol–water partition coefficient (Wildman–Crippen LogP) is 4.83. The molecule has 1 fully saturated rings. The molecule has 0 amide bonds. The highest BCUT2D eigenvalue weighted by Crippen LogP contribution is 2.30. The van der Waals surface area contributed by atoms with Crippen LogP contribution in [0.25, 0.3) is 22.5 Å².